The van der Waals surface area contributed by atoms with Crippen LogP contribution in [0.2, 0.25) is 0 Å². The molecular weight excluding hydrogens is 416 g/mol. The van der Waals surface area contributed by atoms with Crippen LogP contribution in [-0.2, 0) is 14.3 Å². The fraction of sp³-hybridized carbons (Fsp3) is 0.650. The summed E-state index contributed by atoms with van der Waals surface area (Å²) in [5.41, 5.74) is 17.5. The lowest BCUT2D eigenvalue weighted by Crippen LogP contribution is -2.38. The van der Waals surface area contributed by atoms with Crippen molar-refractivity contribution in [3.05, 3.63) is 11.4 Å². The molecule has 2 heterocycles. The quantitative estimate of drug-likeness (QED) is 0.161. The standard InChI is InChI=1S/C20H34N8O4/c1-13-17(21)26-18(22)16(25-13)19(30)27-20(23)24-8-3-4-9-28-10-5-14(6-11-28)32-12-7-15(29)31-2/h14H,3-12H2,1-2H3,(H4,21,22,26)(H3,23,24,27,30). The van der Waals surface area contributed by atoms with Gasteiger partial charge in [0, 0.05) is 19.6 Å². The Morgan fingerprint density at radius 3 is 2.59 bits per heavy atom. The molecule has 1 saturated heterocycles. The second kappa shape index (κ2) is 12.8. The van der Waals surface area contributed by atoms with Gasteiger partial charge in [-0.2, -0.15) is 0 Å². The number of aryl methyl sites for hydroxylation is 1. The number of ether oxygens (including phenoxy) is 2. The summed E-state index contributed by atoms with van der Waals surface area (Å²) in [5.74, 6) is -0.692. The Morgan fingerprint density at radius 1 is 1.19 bits per heavy atom. The van der Waals surface area contributed by atoms with Crippen molar-refractivity contribution in [3.63, 3.8) is 0 Å². The number of amides is 1. The number of guanidine groups is 1. The molecule has 0 radical (unpaired) electrons. The van der Waals surface area contributed by atoms with E-state index < -0.39 is 5.91 Å². The molecule has 0 atom stereocenters. The molecule has 1 amide bonds. The number of nitrogens with one attached hydrogen (secondary N) is 1. The topological polar surface area (TPSA) is 184 Å². The van der Waals surface area contributed by atoms with Gasteiger partial charge in [-0.15, -0.1) is 0 Å². The molecule has 0 saturated carbocycles. The molecule has 0 unspecified atom stereocenters. The number of nitrogens with two attached hydrogens (primary N) is 3. The van der Waals surface area contributed by atoms with Crippen LogP contribution in [-0.4, -0.2) is 78.7 Å². The van der Waals surface area contributed by atoms with E-state index in [0.717, 1.165) is 45.3 Å². The molecule has 1 aromatic heterocycles. The summed E-state index contributed by atoms with van der Waals surface area (Å²) in [6, 6.07) is 0. The van der Waals surface area contributed by atoms with Crippen molar-refractivity contribution in [3.8, 4) is 0 Å². The first-order chi connectivity index (χ1) is 15.3. The molecule has 0 aromatic carbocycles. The van der Waals surface area contributed by atoms with Gasteiger partial charge in [0.15, 0.2) is 17.5 Å². The van der Waals surface area contributed by atoms with E-state index >= 15 is 0 Å². The van der Waals surface area contributed by atoms with Gasteiger partial charge in [-0.25, -0.2) is 9.97 Å². The summed E-state index contributed by atoms with van der Waals surface area (Å²) >= 11 is 0. The van der Waals surface area contributed by atoms with Crippen LogP contribution >= 0.6 is 0 Å². The van der Waals surface area contributed by atoms with E-state index in [0.29, 0.717) is 25.3 Å². The summed E-state index contributed by atoms with van der Waals surface area (Å²) in [6.45, 7) is 5.44. The van der Waals surface area contributed by atoms with Crippen molar-refractivity contribution >= 4 is 29.5 Å². The van der Waals surface area contributed by atoms with Crippen molar-refractivity contribution in [1.82, 2.24) is 20.2 Å². The Morgan fingerprint density at radius 2 is 1.91 bits per heavy atom. The predicted octanol–water partition coefficient (Wildman–Crippen LogP) is -0.182. The molecule has 12 heteroatoms. The van der Waals surface area contributed by atoms with E-state index in [9.17, 15) is 9.59 Å². The Bertz CT molecular complexity index is 809. The third-order valence-electron chi connectivity index (χ3n) is 5.18. The summed E-state index contributed by atoms with van der Waals surface area (Å²) < 4.78 is 10.3. The molecule has 1 fully saturated rings. The number of anilines is 2. The van der Waals surface area contributed by atoms with E-state index in [1.54, 1.807) is 6.92 Å². The van der Waals surface area contributed by atoms with E-state index in [1.807, 2.05) is 0 Å². The fourth-order valence-corrected chi connectivity index (χ4v) is 3.29. The van der Waals surface area contributed by atoms with Crippen LogP contribution in [0.4, 0.5) is 11.6 Å². The summed E-state index contributed by atoms with van der Waals surface area (Å²) in [7, 11) is 1.38. The molecule has 0 bridgehead atoms. The molecule has 32 heavy (non-hydrogen) atoms. The number of hydrogen-bond acceptors (Lipinski definition) is 10. The molecule has 12 nitrogen and oxygen atoms in total. The first kappa shape index (κ1) is 25.3. The number of esters is 1. The number of methoxy groups -OCH3 is 1. The van der Waals surface area contributed by atoms with Gasteiger partial charge in [-0.1, -0.05) is 0 Å². The number of rotatable bonds is 10. The predicted molar refractivity (Wildman–Crippen MR) is 121 cm³/mol. The number of nitrogen functional groups attached to an aromatic ring is 2. The second-order valence-electron chi connectivity index (χ2n) is 7.59. The number of likely N-dealkylation sites (tertiary alicyclic amines) is 1. The minimum atomic E-state index is -0.573. The number of nitrogens with zero attached hydrogens (tertiary/aromatic N) is 4. The van der Waals surface area contributed by atoms with E-state index in [1.165, 1.54) is 7.11 Å². The summed E-state index contributed by atoms with van der Waals surface area (Å²) in [6.07, 6.45) is 4.21. The average molecular weight is 451 g/mol. The number of aromatic nitrogens is 2. The maximum absolute atomic E-state index is 12.2. The Balaban J connectivity index is 1.61. The second-order valence-corrected chi connectivity index (χ2v) is 7.59. The highest BCUT2D eigenvalue weighted by Gasteiger charge is 2.19. The van der Waals surface area contributed by atoms with Crippen LogP contribution in [0, 0.1) is 6.92 Å². The van der Waals surface area contributed by atoms with Crippen molar-refractivity contribution in [1.29, 1.82) is 0 Å². The number of carbonyl (C=O) groups is 2. The Hall–Kier alpha value is -2.99. The van der Waals surface area contributed by atoms with E-state index in [2.05, 4.69) is 29.9 Å². The van der Waals surface area contributed by atoms with Crippen molar-refractivity contribution < 1.29 is 19.1 Å². The van der Waals surface area contributed by atoms with Crippen LogP contribution in [0.15, 0.2) is 4.99 Å². The van der Waals surface area contributed by atoms with Crippen LogP contribution in [0.1, 0.15) is 48.3 Å². The smallest absolute Gasteiger partial charge is 0.307 e. The highest BCUT2D eigenvalue weighted by molar-refractivity contribution is 6.06. The zero-order chi connectivity index (χ0) is 23.5. The Labute approximate surface area is 187 Å². The SMILES string of the molecule is COC(=O)CCOC1CCN(CCCCN=C(N)NC(=O)c2nc(C)c(N)nc2N)CC1. The normalized spacial score (nSPS) is 15.5. The zero-order valence-corrected chi connectivity index (χ0v) is 18.8. The lowest BCUT2D eigenvalue weighted by Gasteiger charge is -2.31. The summed E-state index contributed by atoms with van der Waals surface area (Å²) in [5, 5.41) is 2.47. The van der Waals surface area contributed by atoms with Gasteiger partial charge in [-0.3, -0.25) is 19.9 Å². The number of hydrogen-bond donors (Lipinski definition) is 4. The van der Waals surface area contributed by atoms with Gasteiger partial charge in [0.2, 0.25) is 0 Å². The highest BCUT2D eigenvalue weighted by atomic mass is 16.5. The third-order valence-corrected chi connectivity index (χ3v) is 5.18. The van der Waals surface area contributed by atoms with Crippen LogP contribution < -0.4 is 22.5 Å². The van der Waals surface area contributed by atoms with Crippen LogP contribution in [0.25, 0.3) is 0 Å². The van der Waals surface area contributed by atoms with Gasteiger partial charge in [0.25, 0.3) is 5.91 Å². The minimum Gasteiger partial charge on any atom is -0.469 e. The first-order valence-electron chi connectivity index (χ1n) is 10.7. The molecule has 178 valence electrons. The largest absolute Gasteiger partial charge is 0.469 e. The van der Waals surface area contributed by atoms with Gasteiger partial charge < -0.3 is 31.6 Å². The number of carbonyl (C=O) groups excluding carboxylic acids is 2. The monoisotopic (exact) mass is 450 g/mol. The molecular formula is C20H34N8O4. The third kappa shape index (κ3) is 8.27. The first-order valence-corrected chi connectivity index (χ1v) is 10.7. The van der Waals surface area contributed by atoms with Gasteiger partial charge in [0.1, 0.15) is 5.82 Å². The zero-order valence-electron chi connectivity index (χ0n) is 18.8. The fourth-order valence-electron chi connectivity index (χ4n) is 3.29. The lowest BCUT2D eigenvalue weighted by molar-refractivity contribution is -0.142. The lowest BCUT2D eigenvalue weighted by atomic mass is 10.1. The van der Waals surface area contributed by atoms with Crippen molar-refractivity contribution in [2.75, 3.05) is 51.4 Å². The van der Waals surface area contributed by atoms with Gasteiger partial charge in [-0.05, 0) is 39.2 Å². The molecule has 2 rings (SSSR count). The van der Waals surface area contributed by atoms with E-state index in [-0.39, 0.29) is 35.4 Å². The van der Waals surface area contributed by atoms with Crippen LogP contribution in [0.3, 0.4) is 0 Å². The number of aliphatic imine (C=N–C) groups is 1. The molecule has 0 spiro atoms. The van der Waals surface area contributed by atoms with Gasteiger partial charge >= 0.3 is 5.97 Å². The molecule has 1 aromatic rings. The van der Waals surface area contributed by atoms with Crippen molar-refractivity contribution in [2.45, 2.75) is 45.1 Å². The average Bonchev–Trinajstić information content (AvgIpc) is 2.76. The molecule has 7 N–H and O–H groups in total. The van der Waals surface area contributed by atoms with Crippen molar-refractivity contribution in [2.24, 2.45) is 10.7 Å². The maximum Gasteiger partial charge on any atom is 0.307 e. The molecule has 1 aliphatic rings. The molecule has 1 aliphatic heterocycles. The summed E-state index contributed by atoms with van der Waals surface area (Å²) in [4.78, 5) is 37.9. The van der Waals surface area contributed by atoms with Crippen LogP contribution in [0.5, 0.6) is 0 Å². The number of piperidine rings is 1. The van der Waals surface area contributed by atoms with Gasteiger partial charge in [0.05, 0.1) is 31.9 Å². The molecule has 0 aliphatic carbocycles. The van der Waals surface area contributed by atoms with E-state index in [4.69, 9.17) is 21.9 Å². The number of unbranched alkanes of at least 4 members (excludes halogenated alkanes) is 1. The highest BCUT2D eigenvalue weighted by Crippen LogP contribution is 2.15. The maximum atomic E-state index is 12.2. The minimum absolute atomic E-state index is 0.00981. The Kier molecular flexibility index (Phi) is 10.1.